The number of nitrogens with zero attached hydrogens (tertiary/aromatic N) is 1. The van der Waals surface area contributed by atoms with Crippen molar-refractivity contribution in [3.8, 4) is 0 Å². The molecule has 13 heavy (non-hydrogen) atoms. The third-order valence-electron chi connectivity index (χ3n) is 1.73. The van der Waals surface area contributed by atoms with Gasteiger partial charge in [0.1, 0.15) is 0 Å². The number of likely N-dealkylation sites (N-methyl/N-ethyl adjacent to an activating group) is 1. The predicted octanol–water partition coefficient (Wildman–Crippen LogP) is -0.175. The second-order valence-electron chi connectivity index (χ2n) is 3.23. The Kier molecular flexibility index (Phi) is 6.54. The van der Waals surface area contributed by atoms with Crippen molar-refractivity contribution in [2.24, 2.45) is 0 Å². The first-order chi connectivity index (χ1) is 6.07. The van der Waals surface area contributed by atoms with Gasteiger partial charge in [-0.2, -0.15) is 0 Å². The highest BCUT2D eigenvalue weighted by Crippen LogP contribution is 1.92. The lowest BCUT2D eigenvalue weighted by atomic mass is 10.3. The lowest BCUT2D eigenvalue weighted by molar-refractivity contribution is -0.130. The van der Waals surface area contributed by atoms with Crippen LogP contribution in [0.1, 0.15) is 20.3 Å². The molecule has 0 aliphatic carbocycles. The molecule has 0 rings (SSSR count). The molecule has 4 heteroatoms. The normalized spacial score (nSPS) is 12.6. The van der Waals surface area contributed by atoms with Gasteiger partial charge in [-0.3, -0.25) is 4.79 Å². The quantitative estimate of drug-likeness (QED) is 0.569. The molecule has 1 amide bonds. The number of carbonyl (C=O) groups is 1. The highest BCUT2D eigenvalue weighted by molar-refractivity contribution is 5.76. The summed E-state index contributed by atoms with van der Waals surface area (Å²) in [6.07, 6.45) is 0.0462. The van der Waals surface area contributed by atoms with Crippen LogP contribution >= 0.6 is 0 Å². The second-order valence-corrected chi connectivity index (χ2v) is 3.23. The fourth-order valence-corrected chi connectivity index (χ4v) is 1.06. The zero-order valence-corrected chi connectivity index (χ0v) is 8.71. The van der Waals surface area contributed by atoms with Crippen molar-refractivity contribution >= 4 is 5.91 Å². The minimum atomic E-state index is -0.451. The van der Waals surface area contributed by atoms with Crippen LogP contribution in [0.4, 0.5) is 0 Å². The molecule has 1 unspecified atom stereocenters. The van der Waals surface area contributed by atoms with E-state index in [1.165, 1.54) is 0 Å². The molecule has 0 saturated carbocycles. The second kappa shape index (κ2) is 6.86. The summed E-state index contributed by atoms with van der Waals surface area (Å²) in [6, 6.07) is 0. The summed E-state index contributed by atoms with van der Waals surface area (Å²) in [4.78, 5) is 12.9. The summed E-state index contributed by atoms with van der Waals surface area (Å²) >= 11 is 0. The zero-order chi connectivity index (χ0) is 10.3. The minimum absolute atomic E-state index is 0.0712. The average molecular weight is 188 g/mol. The topological polar surface area (TPSA) is 52.6 Å². The van der Waals surface area contributed by atoms with Crippen LogP contribution in [-0.2, 0) is 4.79 Å². The van der Waals surface area contributed by atoms with Crippen molar-refractivity contribution in [2.75, 3.05) is 26.7 Å². The SMILES string of the molecule is CCNCCC(=O)N(C)CC(C)O. The van der Waals surface area contributed by atoms with Crippen molar-refractivity contribution in [1.82, 2.24) is 10.2 Å². The van der Waals surface area contributed by atoms with Gasteiger partial charge in [-0.05, 0) is 13.5 Å². The van der Waals surface area contributed by atoms with Gasteiger partial charge < -0.3 is 15.3 Å². The van der Waals surface area contributed by atoms with E-state index in [0.717, 1.165) is 6.54 Å². The lowest BCUT2D eigenvalue weighted by Gasteiger charge is -2.18. The van der Waals surface area contributed by atoms with E-state index in [2.05, 4.69) is 5.32 Å². The fourth-order valence-electron chi connectivity index (χ4n) is 1.06. The number of aliphatic hydroxyl groups is 1. The molecule has 0 heterocycles. The van der Waals surface area contributed by atoms with Crippen LogP contribution < -0.4 is 5.32 Å². The van der Waals surface area contributed by atoms with Gasteiger partial charge >= 0.3 is 0 Å². The van der Waals surface area contributed by atoms with Crippen LogP contribution in [0.2, 0.25) is 0 Å². The van der Waals surface area contributed by atoms with Crippen LogP contribution in [0.5, 0.6) is 0 Å². The van der Waals surface area contributed by atoms with Gasteiger partial charge in [0.15, 0.2) is 0 Å². The molecular formula is C9H20N2O2. The standard InChI is InChI=1S/C9H20N2O2/c1-4-10-6-5-9(13)11(3)7-8(2)12/h8,10,12H,4-7H2,1-3H3. The van der Waals surface area contributed by atoms with Crippen LogP contribution in [0.3, 0.4) is 0 Å². The molecule has 2 N–H and O–H groups in total. The van der Waals surface area contributed by atoms with Gasteiger partial charge in [0, 0.05) is 26.6 Å². The van der Waals surface area contributed by atoms with Gasteiger partial charge in [0.25, 0.3) is 0 Å². The average Bonchev–Trinajstić information content (AvgIpc) is 2.03. The van der Waals surface area contributed by atoms with Crippen molar-refractivity contribution < 1.29 is 9.90 Å². The molecule has 0 aliphatic heterocycles. The number of amides is 1. The number of nitrogens with one attached hydrogen (secondary N) is 1. The van der Waals surface area contributed by atoms with E-state index in [1.807, 2.05) is 6.92 Å². The lowest BCUT2D eigenvalue weighted by Crippen LogP contribution is -2.34. The Labute approximate surface area is 79.9 Å². The maximum atomic E-state index is 11.3. The van der Waals surface area contributed by atoms with E-state index >= 15 is 0 Å². The van der Waals surface area contributed by atoms with E-state index in [9.17, 15) is 4.79 Å². The maximum Gasteiger partial charge on any atom is 0.223 e. The molecule has 0 aliphatic rings. The number of hydrogen-bond acceptors (Lipinski definition) is 3. The molecule has 0 aromatic rings. The van der Waals surface area contributed by atoms with E-state index in [0.29, 0.717) is 19.5 Å². The Balaban J connectivity index is 3.57. The molecule has 0 radical (unpaired) electrons. The Bertz CT molecular complexity index is 149. The summed E-state index contributed by atoms with van der Waals surface area (Å²) < 4.78 is 0. The molecule has 0 fully saturated rings. The fraction of sp³-hybridized carbons (Fsp3) is 0.889. The van der Waals surface area contributed by atoms with Crippen LogP contribution in [0, 0.1) is 0 Å². The van der Waals surface area contributed by atoms with Crippen LogP contribution in [-0.4, -0.2) is 48.7 Å². The van der Waals surface area contributed by atoms with Crippen molar-refractivity contribution in [3.63, 3.8) is 0 Å². The molecular weight excluding hydrogens is 168 g/mol. The summed E-state index contributed by atoms with van der Waals surface area (Å²) in [7, 11) is 1.71. The molecule has 0 saturated heterocycles. The highest BCUT2D eigenvalue weighted by Gasteiger charge is 2.09. The molecule has 0 bridgehead atoms. The van der Waals surface area contributed by atoms with Crippen molar-refractivity contribution in [2.45, 2.75) is 26.4 Å². The molecule has 4 nitrogen and oxygen atoms in total. The Hall–Kier alpha value is -0.610. The summed E-state index contributed by atoms with van der Waals surface area (Å²) in [5, 5.41) is 12.1. The first-order valence-corrected chi connectivity index (χ1v) is 4.70. The van der Waals surface area contributed by atoms with Crippen LogP contribution in [0.15, 0.2) is 0 Å². The highest BCUT2D eigenvalue weighted by atomic mass is 16.3. The van der Waals surface area contributed by atoms with E-state index < -0.39 is 6.10 Å². The van der Waals surface area contributed by atoms with Crippen molar-refractivity contribution in [3.05, 3.63) is 0 Å². The molecule has 78 valence electrons. The largest absolute Gasteiger partial charge is 0.392 e. The molecule has 0 aromatic heterocycles. The van der Waals surface area contributed by atoms with E-state index in [4.69, 9.17) is 5.11 Å². The van der Waals surface area contributed by atoms with E-state index in [1.54, 1.807) is 18.9 Å². The first-order valence-electron chi connectivity index (χ1n) is 4.70. The Morgan fingerprint density at radius 1 is 1.62 bits per heavy atom. The summed E-state index contributed by atoms with van der Waals surface area (Å²) in [6.45, 7) is 5.68. The zero-order valence-electron chi connectivity index (χ0n) is 8.71. The Morgan fingerprint density at radius 3 is 2.69 bits per heavy atom. The number of hydrogen-bond donors (Lipinski definition) is 2. The van der Waals surface area contributed by atoms with Gasteiger partial charge in [0.2, 0.25) is 5.91 Å². The Morgan fingerprint density at radius 2 is 2.23 bits per heavy atom. The number of carbonyl (C=O) groups excluding carboxylic acids is 1. The van der Waals surface area contributed by atoms with Gasteiger partial charge in [-0.25, -0.2) is 0 Å². The van der Waals surface area contributed by atoms with Crippen molar-refractivity contribution in [1.29, 1.82) is 0 Å². The first kappa shape index (κ1) is 12.4. The third-order valence-corrected chi connectivity index (χ3v) is 1.73. The van der Waals surface area contributed by atoms with Gasteiger partial charge in [0.05, 0.1) is 6.10 Å². The minimum Gasteiger partial charge on any atom is -0.392 e. The number of rotatable bonds is 6. The third kappa shape index (κ3) is 6.54. The summed E-state index contributed by atoms with van der Waals surface area (Å²) in [5.41, 5.74) is 0. The molecule has 0 spiro atoms. The number of aliphatic hydroxyl groups excluding tert-OH is 1. The van der Waals surface area contributed by atoms with E-state index in [-0.39, 0.29) is 5.91 Å². The van der Waals surface area contributed by atoms with Crippen LogP contribution in [0.25, 0.3) is 0 Å². The summed E-state index contributed by atoms with van der Waals surface area (Å²) in [5.74, 6) is 0.0712. The molecule has 1 atom stereocenters. The smallest absolute Gasteiger partial charge is 0.223 e. The maximum absolute atomic E-state index is 11.3. The predicted molar refractivity (Wildman–Crippen MR) is 52.5 cm³/mol. The van der Waals surface area contributed by atoms with Gasteiger partial charge in [-0.15, -0.1) is 0 Å². The monoisotopic (exact) mass is 188 g/mol. The van der Waals surface area contributed by atoms with Gasteiger partial charge in [-0.1, -0.05) is 6.92 Å². The molecule has 0 aromatic carbocycles.